The molecule has 1 atom stereocenters. The third-order valence-corrected chi connectivity index (χ3v) is 4.50. The van der Waals surface area contributed by atoms with Crippen molar-refractivity contribution in [1.82, 2.24) is 4.90 Å². The first-order chi connectivity index (χ1) is 10.1. The van der Waals surface area contributed by atoms with Gasteiger partial charge in [0.2, 0.25) is 0 Å². The molecule has 1 amide bonds. The minimum Gasteiger partial charge on any atom is -0.481 e. The number of amides is 1. The highest BCUT2D eigenvalue weighted by Crippen LogP contribution is 2.23. The minimum atomic E-state index is -0.920. The van der Waals surface area contributed by atoms with E-state index in [1.807, 2.05) is 23.6 Å². The van der Waals surface area contributed by atoms with Crippen molar-refractivity contribution < 1.29 is 19.4 Å². The number of carboxylic acid groups (broad SMARTS) is 1. The number of carbonyl (C=O) groups excluding carboxylic acids is 1. The minimum absolute atomic E-state index is 0.0908. The lowest BCUT2D eigenvalue weighted by Crippen LogP contribution is -2.49. The SMILES string of the molecule is O=C(O)C[C@@H]1COCCN1C(=O)c1ccc2sccc2c1. The van der Waals surface area contributed by atoms with Gasteiger partial charge in [0.1, 0.15) is 0 Å². The second-order valence-electron chi connectivity index (χ2n) is 5.00. The van der Waals surface area contributed by atoms with Gasteiger partial charge in [0, 0.05) is 16.8 Å². The number of fused-ring (bicyclic) bond motifs is 1. The van der Waals surface area contributed by atoms with E-state index < -0.39 is 12.0 Å². The van der Waals surface area contributed by atoms with Crippen LogP contribution >= 0.6 is 11.3 Å². The lowest BCUT2D eigenvalue weighted by molar-refractivity contribution is -0.139. The topological polar surface area (TPSA) is 66.8 Å². The van der Waals surface area contributed by atoms with Crippen molar-refractivity contribution in [1.29, 1.82) is 0 Å². The largest absolute Gasteiger partial charge is 0.481 e. The highest BCUT2D eigenvalue weighted by atomic mass is 32.1. The van der Waals surface area contributed by atoms with Gasteiger partial charge >= 0.3 is 5.97 Å². The second kappa shape index (κ2) is 5.83. The Labute approximate surface area is 125 Å². The van der Waals surface area contributed by atoms with Crippen molar-refractivity contribution >= 4 is 33.3 Å². The van der Waals surface area contributed by atoms with E-state index >= 15 is 0 Å². The van der Waals surface area contributed by atoms with E-state index in [1.165, 1.54) is 0 Å². The lowest BCUT2D eigenvalue weighted by Gasteiger charge is -2.34. The molecule has 0 spiro atoms. The summed E-state index contributed by atoms with van der Waals surface area (Å²) in [6, 6.07) is 7.17. The van der Waals surface area contributed by atoms with Crippen LogP contribution in [0, 0.1) is 0 Å². The van der Waals surface area contributed by atoms with Gasteiger partial charge in [-0.1, -0.05) is 0 Å². The molecule has 1 aromatic carbocycles. The zero-order chi connectivity index (χ0) is 14.8. The Hall–Kier alpha value is -1.92. The number of aliphatic carboxylic acids is 1. The normalized spacial score (nSPS) is 18.9. The third kappa shape index (κ3) is 2.91. The van der Waals surface area contributed by atoms with Crippen LogP contribution < -0.4 is 0 Å². The maximum atomic E-state index is 12.6. The molecule has 1 saturated heterocycles. The van der Waals surface area contributed by atoms with Gasteiger partial charge in [0.05, 0.1) is 25.7 Å². The fourth-order valence-electron chi connectivity index (χ4n) is 2.56. The Bertz CT molecular complexity index is 681. The van der Waals surface area contributed by atoms with Crippen molar-refractivity contribution in [3.05, 3.63) is 35.2 Å². The fraction of sp³-hybridized carbons (Fsp3) is 0.333. The first kappa shape index (κ1) is 14.0. The quantitative estimate of drug-likeness (QED) is 0.944. The van der Waals surface area contributed by atoms with Crippen LogP contribution in [0.25, 0.3) is 10.1 Å². The van der Waals surface area contributed by atoms with Crippen LogP contribution in [0.4, 0.5) is 0 Å². The van der Waals surface area contributed by atoms with Crippen LogP contribution in [0.1, 0.15) is 16.8 Å². The number of benzene rings is 1. The number of hydrogen-bond acceptors (Lipinski definition) is 4. The van der Waals surface area contributed by atoms with Gasteiger partial charge in [-0.25, -0.2) is 0 Å². The molecule has 5 nitrogen and oxygen atoms in total. The summed E-state index contributed by atoms with van der Waals surface area (Å²) in [4.78, 5) is 25.2. The van der Waals surface area contributed by atoms with Gasteiger partial charge in [0.15, 0.2) is 0 Å². The molecule has 1 aliphatic rings. The van der Waals surface area contributed by atoms with Gasteiger partial charge in [0.25, 0.3) is 5.91 Å². The van der Waals surface area contributed by atoms with Gasteiger partial charge in [-0.2, -0.15) is 0 Å². The van der Waals surface area contributed by atoms with Crippen LogP contribution in [-0.2, 0) is 9.53 Å². The summed E-state index contributed by atoms with van der Waals surface area (Å²) in [5.74, 6) is -1.05. The first-order valence-electron chi connectivity index (χ1n) is 6.73. The average molecular weight is 305 g/mol. The molecule has 2 aromatic rings. The summed E-state index contributed by atoms with van der Waals surface area (Å²) < 4.78 is 6.44. The molecule has 1 aliphatic heterocycles. The van der Waals surface area contributed by atoms with E-state index in [0.717, 1.165) is 10.1 Å². The molecule has 1 N–H and O–H groups in total. The van der Waals surface area contributed by atoms with Gasteiger partial charge in [-0.05, 0) is 35.0 Å². The summed E-state index contributed by atoms with van der Waals surface area (Å²) >= 11 is 1.63. The first-order valence-corrected chi connectivity index (χ1v) is 7.61. The summed E-state index contributed by atoms with van der Waals surface area (Å²) in [5.41, 5.74) is 0.596. The Morgan fingerprint density at radius 1 is 1.38 bits per heavy atom. The highest BCUT2D eigenvalue weighted by molar-refractivity contribution is 7.17. The zero-order valence-electron chi connectivity index (χ0n) is 11.3. The maximum absolute atomic E-state index is 12.6. The van der Waals surface area contributed by atoms with E-state index in [2.05, 4.69) is 0 Å². The number of rotatable bonds is 3. The van der Waals surface area contributed by atoms with Gasteiger partial charge < -0.3 is 14.7 Å². The Morgan fingerprint density at radius 2 is 2.24 bits per heavy atom. The van der Waals surface area contributed by atoms with E-state index in [4.69, 9.17) is 9.84 Å². The van der Waals surface area contributed by atoms with E-state index in [9.17, 15) is 9.59 Å². The van der Waals surface area contributed by atoms with Crippen molar-refractivity contribution in [2.45, 2.75) is 12.5 Å². The Morgan fingerprint density at radius 3 is 3.05 bits per heavy atom. The van der Waals surface area contributed by atoms with Crippen LogP contribution in [0.3, 0.4) is 0 Å². The molecule has 1 fully saturated rings. The number of carbonyl (C=O) groups is 2. The third-order valence-electron chi connectivity index (χ3n) is 3.60. The second-order valence-corrected chi connectivity index (χ2v) is 5.95. The van der Waals surface area contributed by atoms with Crippen LogP contribution in [0.2, 0.25) is 0 Å². The van der Waals surface area contributed by atoms with E-state index in [0.29, 0.717) is 18.7 Å². The number of hydrogen-bond donors (Lipinski definition) is 1. The van der Waals surface area contributed by atoms with Crippen molar-refractivity contribution in [2.24, 2.45) is 0 Å². The monoisotopic (exact) mass is 305 g/mol. The number of ether oxygens (including phenoxy) is 1. The Balaban J connectivity index is 1.85. The van der Waals surface area contributed by atoms with Crippen molar-refractivity contribution in [3.8, 4) is 0 Å². The van der Waals surface area contributed by atoms with Crippen LogP contribution in [0.5, 0.6) is 0 Å². The fourth-order valence-corrected chi connectivity index (χ4v) is 3.33. The predicted octanol–water partition coefficient (Wildman–Crippen LogP) is 2.22. The van der Waals surface area contributed by atoms with Crippen LogP contribution in [0.15, 0.2) is 29.6 Å². The number of morpholine rings is 1. The molecule has 2 heterocycles. The zero-order valence-corrected chi connectivity index (χ0v) is 12.1. The van der Waals surface area contributed by atoms with Gasteiger partial charge in [-0.15, -0.1) is 11.3 Å². The molecule has 6 heteroatoms. The molecule has 0 radical (unpaired) electrons. The predicted molar refractivity (Wildman–Crippen MR) is 79.7 cm³/mol. The number of nitrogens with zero attached hydrogens (tertiary/aromatic N) is 1. The van der Waals surface area contributed by atoms with Crippen molar-refractivity contribution in [2.75, 3.05) is 19.8 Å². The summed E-state index contributed by atoms with van der Waals surface area (Å²) in [7, 11) is 0. The molecule has 3 rings (SSSR count). The maximum Gasteiger partial charge on any atom is 0.305 e. The van der Waals surface area contributed by atoms with Gasteiger partial charge in [-0.3, -0.25) is 9.59 Å². The summed E-state index contributed by atoms with van der Waals surface area (Å²) in [5, 5.41) is 12.0. The lowest BCUT2D eigenvalue weighted by atomic mass is 10.1. The van der Waals surface area contributed by atoms with Crippen molar-refractivity contribution in [3.63, 3.8) is 0 Å². The summed E-state index contributed by atoms with van der Waals surface area (Å²) in [6.07, 6.45) is -0.0908. The molecular formula is C15H15NO4S. The molecule has 0 saturated carbocycles. The number of carboxylic acids is 1. The number of thiophene rings is 1. The molecule has 0 unspecified atom stereocenters. The molecule has 0 aliphatic carbocycles. The summed E-state index contributed by atoms with van der Waals surface area (Å²) in [6.45, 7) is 1.15. The molecule has 1 aromatic heterocycles. The van der Waals surface area contributed by atoms with Crippen LogP contribution in [-0.4, -0.2) is 47.7 Å². The molecule has 21 heavy (non-hydrogen) atoms. The van der Waals surface area contributed by atoms with E-state index in [1.54, 1.807) is 22.3 Å². The Kier molecular flexibility index (Phi) is 3.90. The molecule has 110 valence electrons. The van der Waals surface area contributed by atoms with E-state index in [-0.39, 0.29) is 18.9 Å². The smallest absolute Gasteiger partial charge is 0.305 e. The standard InChI is InChI=1S/C15H15NO4S/c17-14(18)8-12-9-20-5-4-16(12)15(19)11-1-2-13-10(7-11)3-6-21-13/h1-3,6-7,12H,4-5,8-9H2,(H,17,18)/t12-/m1/s1. The molecule has 0 bridgehead atoms. The highest BCUT2D eigenvalue weighted by Gasteiger charge is 2.29. The molecular weight excluding hydrogens is 290 g/mol. The average Bonchev–Trinajstić information content (AvgIpc) is 2.94.